The van der Waals surface area contributed by atoms with E-state index in [2.05, 4.69) is 27.2 Å². The molecular weight excluding hydrogens is 238 g/mol. The van der Waals surface area contributed by atoms with Gasteiger partial charge in [0.25, 0.3) is 0 Å². The van der Waals surface area contributed by atoms with Crippen LogP contribution in [0.5, 0.6) is 0 Å². The van der Waals surface area contributed by atoms with E-state index in [1.54, 1.807) is 0 Å². The Kier molecular flexibility index (Phi) is 3.76. The van der Waals surface area contributed by atoms with Gasteiger partial charge in [-0.2, -0.15) is 0 Å². The lowest BCUT2D eigenvalue weighted by molar-refractivity contribution is 0.300. The number of hydrogen-bond acceptors (Lipinski definition) is 4. The molecule has 1 heterocycles. The van der Waals surface area contributed by atoms with E-state index in [0.29, 0.717) is 6.54 Å². The van der Waals surface area contributed by atoms with Gasteiger partial charge in [0.05, 0.1) is 0 Å². The maximum atomic E-state index is 6.12. The zero-order valence-corrected chi connectivity index (χ0v) is 10.5. The lowest BCUT2D eigenvalue weighted by Gasteiger charge is -2.14. The van der Waals surface area contributed by atoms with Gasteiger partial charge in [0.15, 0.2) is 0 Å². The summed E-state index contributed by atoms with van der Waals surface area (Å²) in [5.74, 6) is 0. The topological polar surface area (TPSA) is 51.0 Å². The number of hydrogen-bond donors (Lipinski definition) is 1. The molecule has 0 saturated carbocycles. The van der Waals surface area contributed by atoms with Crippen molar-refractivity contribution in [3.05, 3.63) is 46.2 Å². The molecule has 0 aliphatic rings. The molecule has 2 aromatic rings. The van der Waals surface area contributed by atoms with E-state index in [1.165, 1.54) is 0 Å². The Labute approximate surface area is 105 Å². The van der Waals surface area contributed by atoms with Gasteiger partial charge in [0.2, 0.25) is 0 Å². The van der Waals surface area contributed by atoms with Crippen LogP contribution in [-0.4, -0.2) is 10.3 Å². The summed E-state index contributed by atoms with van der Waals surface area (Å²) in [5.41, 5.74) is 2.70. The van der Waals surface area contributed by atoms with Gasteiger partial charge in [-0.15, -0.1) is 0 Å². The van der Waals surface area contributed by atoms with Crippen LogP contribution in [0.25, 0.3) is 0 Å². The van der Waals surface area contributed by atoms with Crippen LogP contribution in [0.2, 0.25) is 5.02 Å². The van der Waals surface area contributed by atoms with E-state index in [4.69, 9.17) is 11.6 Å². The van der Waals surface area contributed by atoms with Crippen molar-refractivity contribution in [3.63, 3.8) is 0 Å². The second-order valence-electron chi connectivity index (χ2n) is 3.92. The SMILES string of the molecule is Cc1nonc1CNC(C)c1ccccc1Cl. The van der Waals surface area contributed by atoms with Crippen LogP contribution < -0.4 is 5.32 Å². The third kappa shape index (κ3) is 2.84. The summed E-state index contributed by atoms with van der Waals surface area (Å²) in [6.45, 7) is 4.54. The molecule has 0 aliphatic carbocycles. The number of rotatable bonds is 4. The first kappa shape index (κ1) is 12.1. The predicted molar refractivity (Wildman–Crippen MR) is 65.7 cm³/mol. The summed E-state index contributed by atoms with van der Waals surface area (Å²) >= 11 is 6.12. The van der Waals surface area contributed by atoms with Crippen molar-refractivity contribution in [2.24, 2.45) is 0 Å². The van der Waals surface area contributed by atoms with E-state index in [-0.39, 0.29) is 6.04 Å². The quantitative estimate of drug-likeness (QED) is 0.908. The lowest BCUT2D eigenvalue weighted by atomic mass is 10.1. The smallest absolute Gasteiger partial charge is 0.121 e. The van der Waals surface area contributed by atoms with Crippen LogP contribution in [0.1, 0.15) is 29.9 Å². The van der Waals surface area contributed by atoms with Gasteiger partial charge in [-0.05, 0) is 25.5 Å². The zero-order valence-electron chi connectivity index (χ0n) is 9.77. The summed E-state index contributed by atoms with van der Waals surface area (Å²) in [7, 11) is 0. The fourth-order valence-electron chi connectivity index (χ4n) is 1.60. The number of benzene rings is 1. The monoisotopic (exact) mass is 251 g/mol. The lowest BCUT2D eigenvalue weighted by Crippen LogP contribution is -2.19. The molecule has 17 heavy (non-hydrogen) atoms. The van der Waals surface area contributed by atoms with Crippen molar-refractivity contribution in [1.82, 2.24) is 15.6 Å². The molecule has 1 aromatic heterocycles. The molecule has 0 aliphatic heterocycles. The molecule has 5 heteroatoms. The van der Waals surface area contributed by atoms with Crippen molar-refractivity contribution in [2.45, 2.75) is 26.4 Å². The van der Waals surface area contributed by atoms with Crippen LogP contribution in [0, 0.1) is 6.92 Å². The predicted octanol–water partition coefficient (Wildman–Crippen LogP) is 2.88. The summed E-state index contributed by atoms with van der Waals surface area (Å²) in [4.78, 5) is 0. The summed E-state index contributed by atoms with van der Waals surface area (Å²) in [6, 6.07) is 7.94. The minimum atomic E-state index is 0.153. The van der Waals surface area contributed by atoms with Crippen molar-refractivity contribution < 1.29 is 4.63 Å². The van der Waals surface area contributed by atoms with E-state index in [9.17, 15) is 0 Å². The summed E-state index contributed by atoms with van der Waals surface area (Å²) in [6.07, 6.45) is 0. The van der Waals surface area contributed by atoms with Gasteiger partial charge >= 0.3 is 0 Å². The number of aromatic nitrogens is 2. The van der Waals surface area contributed by atoms with Crippen molar-refractivity contribution in [1.29, 1.82) is 0 Å². The molecule has 1 unspecified atom stereocenters. The molecule has 0 spiro atoms. The maximum absolute atomic E-state index is 6.12. The number of halogens is 1. The number of nitrogens with one attached hydrogen (secondary N) is 1. The van der Waals surface area contributed by atoms with E-state index < -0.39 is 0 Å². The third-order valence-corrected chi connectivity index (χ3v) is 3.04. The van der Waals surface area contributed by atoms with Crippen molar-refractivity contribution in [2.75, 3.05) is 0 Å². The highest BCUT2D eigenvalue weighted by Gasteiger charge is 2.10. The first-order valence-electron chi connectivity index (χ1n) is 5.44. The second-order valence-corrected chi connectivity index (χ2v) is 4.33. The van der Waals surface area contributed by atoms with Crippen LogP contribution in [0.4, 0.5) is 0 Å². The normalized spacial score (nSPS) is 12.6. The molecule has 0 saturated heterocycles. The Morgan fingerprint density at radius 2 is 2.12 bits per heavy atom. The molecule has 4 nitrogen and oxygen atoms in total. The highest BCUT2D eigenvalue weighted by Crippen LogP contribution is 2.22. The van der Waals surface area contributed by atoms with Crippen LogP contribution in [0.15, 0.2) is 28.9 Å². The molecule has 2 rings (SSSR count). The molecule has 0 bridgehead atoms. The Balaban J connectivity index is 2.01. The highest BCUT2D eigenvalue weighted by atomic mass is 35.5. The zero-order chi connectivity index (χ0) is 12.3. The van der Waals surface area contributed by atoms with Gasteiger partial charge in [-0.3, -0.25) is 0 Å². The fraction of sp³-hybridized carbons (Fsp3) is 0.333. The Bertz CT molecular complexity index is 498. The molecule has 1 atom stereocenters. The standard InChI is InChI=1S/C12H14ClN3O/c1-8(10-5-3-4-6-11(10)13)14-7-12-9(2)15-17-16-12/h3-6,8,14H,7H2,1-2H3. The van der Waals surface area contributed by atoms with Gasteiger partial charge in [-0.25, -0.2) is 4.63 Å². The molecule has 0 radical (unpaired) electrons. The Morgan fingerprint density at radius 1 is 1.35 bits per heavy atom. The average Bonchev–Trinajstić information content (AvgIpc) is 2.72. The van der Waals surface area contributed by atoms with Gasteiger partial charge in [0, 0.05) is 17.6 Å². The largest absolute Gasteiger partial charge is 0.304 e. The minimum Gasteiger partial charge on any atom is -0.304 e. The molecule has 90 valence electrons. The third-order valence-electron chi connectivity index (χ3n) is 2.69. The van der Waals surface area contributed by atoms with Gasteiger partial charge < -0.3 is 5.32 Å². The van der Waals surface area contributed by atoms with Crippen molar-refractivity contribution >= 4 is 11.6 Å². The Hall–Kier alpha value is -1.39. The molecule has 0 amide bonds. The second kappa shape index (κ2) is 5.29. The van der Waals surface area contributed by atoms with Gasteiger partial charge in [0.1, 0.15) is 11.4 Å². The maximum Gasteiger partial charge on any atom is 0.121 e. The molecule has 0 fully saturated rings. The average molecular weight is 252 g/mol. The highest BCUT2D eigenvalue weighted by molar-refractivity contribution is 6.31. The van der Waals surface area contributed by atoms with Crippen LogP contribution in [-0.2, 0) is 6.54 Å². The van der Waals surface area contributed by atoms with Crippen LogP contribution >= 0.6 is 11.6 Å². The van der Waals surface area contributed by atoms with E-state index >= 15 is 0 Å². The summed E-state index contributed by atoms with van der Waals surface area (Å²) < 4.78 is 4.64. The minimum absolute atomic E-state index is 0.153. The first-order chi connectivity index (χ1) is 8.18. The van der Waals surface area contributed by atoms with E-state index in [1.807, 2.05) is 31.2 Å². The number of nitrogens with zero attached hydrogens (tertiary/aromatic N) is 2. The van der Waals surface area contributed by atoms with Gasteiger partial charge in [-0.1, -0.05) is 40.1 Å². The van der Waals surface area contributed by atoms with E-state index in [0.717, 1.165) is 22.0 Å². The molecular formula is C12H14ClN3O. The molecule has 1 N–H and O–H groups in total. The van der Waals surface area contributed by atoms with Crippen LogP contribution in [0.3, 0.4) is 0 Å². The number of aryl methyl sites for hydroxylation is 1. The first-order valence-corrected chi connectivity index (χ1v) is 5.82. The van der Waals surface area contributed by atoms with Crippen molar-refractivity contribution in [3.8, 4) is 0 Å². The Morgan fingerprint density at radius 3 is 2.76 bits per heavy atom. The summed E-state index contributed by atoms with van der Waals surface area (Å²) in [5, 5.41) is 11.7. The fourth-order valence-corrected chi connectivity index (χ4v) is 1.90. The molecule has 1 aromatic carbocycles.